The molecular weight excluding hydrogens is 391 g/mol. The number of rotatable bonds is 2. The molecule has 0 amide bonds. The lowest BCUT2D eigenvalue weighted by Gasteiger charge is -2.12. The second-order valence-corrected chi connectivity index (χ2v) is 7.44. The van der Waals surface area contributed by atoms with E-state index in [1.54, 1.807) is 0 Å². The zero-order valence-corrected chi connectivity index (χ0v) is 16.4. The van der Waals surface area contributed by atoms with Crippen molar-refractivity contribution in [2.75, 3.05) is 0 Å². The lowest BCUT2D eigenvalue weighted by Crippen LogP contribution is -2.01. The first-order valence-electron chi connectivity index (χ1n) is 8.78. The van der Waals surface area contributed by atoms with Crippen LogP contribution in [0.2, 0.25) is 10.0 Å². The summed E-state index contributed by atoms with van der Waals surface area (Å²) in [6.07, 6.45) is 0. The summed E-state index contributed by atoms with van der Waals surface area (Å²) in [7, 11) is 0. The molecule has 6 heteroatoms. The number of nitrogens with zero attached hydrogens (tertiary/aromatic N) is 4. The average molecular weight is 405 g/mol. The van der Waals surface area contributed by atoms with Crippen LogP contribution in [0.4, 0.5) is 0 Å². The standard InChI is InChI=1S/C22H14Cl2N4/c1-13-6-9-16(24)12-19(13)28-21(14-7-10-15(23)11-8-14)27-20-22(28)26-18-5-3-2-4-17(18)25-20/h2-12H,1H3. The zero-order chi connectivity index (χ0) is 19.3. The lowest BCUT2D eigenvalue weighted by molar-refractivity contribution is 1.06. The molecule has 2 heterocycles. The predicted molar refractivity (Wildman–Crippen MR) is 114 cm³/mol. The monoisotopic (exact) mass is 404 g/mol. The molecule has 0 radical (unpaired) electrons. The Morgan fingerprint density at radius 2 is 1.43 bits per heavy atom. The average Bonchev–Trinajstić information content (AvgIpc) is 3.06. The van der Waals surface area contributed by atoms with Gasteiger partial charge in [-0.05, 0) is 61.0 Å². The highest BCUT2D eigenvalue weighted by Crippen LogP contribution is 2.31. The highest BCUT2D eigenvalue weighted by atomic mass is 35.5. The third-order valence-corrected chi connectivity index (χ3v) is 5.17. The van der Waals surface area contributed by atoms with Crippen LogP contribution >= 0.6 is 23.2 Å². The normalized spacial score (nSPS) is 11.4. The molecule has 0 saturated carbocycles. The van der Waals surface area contributed by atoms with E-state index < -0.39 is 0 Å². The number of para-hydroxylation sites is 2. The third kappa shape index (κ3) is 2.82. The molecule has 0 bridgehead atoms. The first-order valence-corrected chi connectivity index (χ1v) is 9.53. The maximum absolute atomic E-state index is 6.31. The van der Waals surface area contributed by atoms with Gasteiger partial charge in [0.25, 0.3) is 0 Å². The number of hydrogen-bond donors (Lipinski definition) is 0. The maximum atomic E-state index is 6.31. The Kier molecular flexibility index (Phi) is 4.04. The van der Waals surface area contributed by atoms with Gasteiger partial charge in [0, 0.05) is 15.6 Å². The summed E-state index contributed by atoms with van der Waals surface area (Å²) in [5.41, 5.74) is 5.81. The van der Waals surface area contributed by atoms with Gasteiger partial charge in [0.05, 0.1) is 16.7 Å². The van der Waals surface area contributed by atoms with Crippen molar-refractivity contribution in [1.29, 1.82) is 0 Å². The van der Waals surface area contributed by atoms with Crippen molar-refractivity contribution in [2.24, 2.45) is 0 Å². The summed E-state index contributed by atoms with van der Waals surface area (Å²) in [6, 6.07) is 21.2. The van der Waals surface area contributed by atoms with E-state index in [0.717, 1.165) is 33.7 Å². The summed E-state index contributed by atoms with van der Waals surface area (Å²) in [4.78, 5) is 14.4. The molecular formula is C22H14Cl2N4. The molecule has 3 aromatic carbocycles. The van der Waals surface area contributed by atoms with E-state index in [1.807, 2.05) is 78.2 Å². The highest BCUT2D eigenvalue weighted by Gasteiger charge is 2.19. The Labute approximate surface area is 171 Å². The molecule has 0 aliphatic heterocycles. The van der Waals surface area contributed by atoms with Crippen molar-refractivity contribution in [3.8, 4) is 17.1 Å². The summed E-state index contributed by atoms with van der Waals surface area (Å²) in [5.74, 6) is 0.743. The molecule has 0 aliphatic carbocycles. The number of aromatic nitrogens is 4. The zero-order valence-electron chi connectivity index (χ0n) is 14.9. The van der Waals surface area contributed by atoms with Gasteiger partial charge in [-0.3, -0.25) is 4.57 Å². The largest absolute Gasteiger partial charge is 0.275 e. The van der Waals surface area contributed by atoms with E-state index in [9.17, 15) is 0 Å². The van der Waals surface area contributed by atoms with Crippen LogP contribution in [0.15, 0.2) is 66.7 Å². The molecule has 136 valence electrons. The van der Waals surface area contributed by atoms with Gasteiger partial charge >= 0.3 is 0 Å². The molecule has 0 N–H and O–H groups in total. The molecule has 4 nitrogen and oxygen atoms in total. The van der Waals surface area contributed by atoms with E-state index in [4.69, 9.17) is 38.2 Å². The summed E-state index contributed by atoms with van der Waals surface area (Å²) in [6.45, 7) is 2.04. The minimum atomic E-state index is 0.586. The number of hydrogen-bond acceptors (Lipinski definition) is 3. The molecule has 0 unspecified atom stereocenters. The van der Waals surface area contributed by atoms with Gasteiger partial charge < -0.3 is 0 Å². The van der Waals surface area contributed by atoms with E-state index in [2.05, 4.69) is 0 Å². The van der Waals surface area contributed by atoms with Gasteiger partial charge in [-0.25, -0.2) is 15.0 Å². The maximum Gasteiger partial charge on any atom is 0.199 e. The predicted octanol–water partition coefficient (Wildman–Crippen LogP) is 6.25. The Hall–Kier alpha value is -2.95. The smallest absolute Gasteiger partial charge is 0.199 e. The SMILES string of the molecule is Cc1ccc(Cl)cc1-n1c(-c2ccc(Cl)cc2)nc2nc3ccccc3nc21. The molecule has 0 atom stereocenters. The number of halogens is 2. The van der Waals surface area contributed by atoms with E-state index in [1.165, 1.54) is 0 Å². The molecule has 2 aromatic heterocycles. The van der Waals surface area contributed by atoms with Crippen LogP contribution in [0.1, 0.15) is 5.56 Å². The van der Waals surface area contributed by atoms with Gasteiger partial charge in [-0.1, -0.05) is 41.4 Å². The molecule has 28 heavy (non-hydrogen) atoms. The van der Waals surface area contributed by atoms with Gasteiger partial charge in [0.15, 0.2) is 11.3 Å². The van der Waals surface area contributed by atoms with Crippen LogP contribution in [0, 0.1) is 6.92 Å². The fourth-order valence-corrected chi connectivity index (χ4v) is 3.59. The minimum Gasteiger partial charge on any atom is -0.275 e. The lowest BCUT2D eigenvalue weighted by atomic mass is 10.1. The molecule has 0 spiro atoms. The molecule has 5 aromatic rings. The number of fused-ring (bicyclic) bond motifs is 2. The van der Waals surface area contributed by atoms with Crippen LogP contribution in [0.3, 0.4) is 0 Å². The van der Waals surface area contributed by atoms with E-state index in [-0.39, 0.29) is 0 Å². The Morgan fingerprint density at radius 3 is 2.18 bits per heavy atom. The minimum absolute atomic E-state index is 0.586. The van der Waals surface area contributed by atoms with E-state index >= 15 is 0 Å². The van der Waals surface area contributed by atoms with Crippen LogP contribution < -0.4 is 0 Å². The summed E-state index contributed by atoms with van der Waals surface area (Å²) < 4.78 is 2.01. The highest BCUT2D eigenvalue weighted by molar-refractivity contribution is 6.31. The number of aryl methyl sites for hydroxylation is 1. The van der Waals surface area contributed by atoms with Crippen molar-refractivity contribution >= 4 is 45.5 Å². The first kappa shape index (κ1) is 17.2. The van der Waals surface area contributed by atoms with Crippen molar-refractivity contribution in [1.82, 2.24) is 19.5 Å². The third-order valence-electron chi connectivity index (χ3n) is 4.68. The number of imidazole rings is 1. The molecule has 0 aliphatic rings. The molecule has 0 fully saturated rings. The van der Waals surface area contributed by atoms with Crippen LogP contribution in [0.25, 0.3) is 39.4 Å². The molecule has 5 rings (SSSR count). The fourth-order valence-electron chi connectivity index (χ4n) is 3.30. The van der Waals surface area contributed by atoms with Crippen LogP contribution in [-0.4, -0.2) is 19.5 Å². The van der Waals surface area contributed by atoms with Crippen molar-refractivity contribution in [3.63, 3.8) is 0 Å². The van der Waals surface area contributed by atoms with Crippen molar-refractivity contribution in [3.05, 3.63) is 82.3 Å². The fraction of sp³-hybridized carbons (Fsp3) is 0.0455. The summed E-state index contributed by atoms with van der Waals surface area (Å²) in [5, 5.41) is 1.32. The number of benzene rings is 3. The second-order valence-electron chi connectivity index (χ2n) is 6.57. The van der Waals surface area contributed by atoms with Gasteiger partial charge in [0.2, 0.25) is 0 Å². The van der Waals surface area contributed by atoms with Crippen LogP contribution in [-0.2, 0) is 0 Å². The second kappa shape index (κ2) is 6.59. The van der Waals surface area contributed by atoms with Gasteiger partial charge in [-0.2, -0.15) is 0 Å². The van der Waals surface area contributed by atoms with Crippen LogP contribution in [0.5, 0.6) is 0 Å². The Bertz CT molecular complexity index is 1340. The first-order chi connectivity index (χ1) is 13.6. The quantitative estimate of drug-likeness (QED) is 0.349. The van der Waals surface area contributed by atoms with E-state index in [0.29, 0.717) is 21.3 Å². The Balaban J connectivity index is 1.91. The Morgan fingerprint density at radius 1 is 0.750 bits per heavy atom. The summed E-state index contributed by atoms with van der Waals surface area (Å²) >= 11 is 12.4. The molecule has 0 saturated heterocycles. The van der Waals surface area contributed by atoms with Gasteiger partial charge in [0.1, 0.15) is 5.82 Å². The van der Waals surface area contributed by atoms with Gasteiger partial charge in [-0.15, -0.1) is 0 Å². The van der Waals surface area contributed by atoms with Crippen molar-refractivity contribution in [2.45, 2.75) is 6.92 Å². The van der Waals surface area contributed by atoms with Crippen molar-refractivity contribution < 1.29 is 0 Å². The topological polar surface area (TPSA) is 43.6 Å².